The quantitative estimate of drug-likeness (QED) is 0.579. The van der Waals surface area contributed by atoms with Crippen molar-refractivity contribution < 1.29 is 47.3 Å². The fraction of sp³-hybridized carbons (Fsp3) is 0. The molecule has 0 bridgehead atoms. The molecule has 2 aromatic carbocycles. The van der Waals surface area contributed by atoms with Gasteiger partial charge in [-0.15, -0.1) is 0 Å². The molecule has 2 aromatic rings. The first-order chi connectivity index (χ1) is 9.40. The Labute approximate surface area is 149 Å². The average Bonchev–Trinajstić information content (AvgIpc) is 2.38. The Balaban J connectivity index is 0.00000220. The number of nitriles is 1. The van der Waals surface area contributed by atoms with E-state index in [1.54, 1.807) is 6.07 Å². The van der Waals surface area contributed by atoms with Gasteiger partial charge in [0, 0.05) is 11.1 Å². The second kappa shape index (κ2) is 7.27. The molecule has 0 fully saturated rings. The Morgan fingerprint density at radius 3 is 2.29 bits per heavy atom. The molecule has 0 saturated heterocycles. The maximum atomic E-state index is 10.8. The summed E-state index contributed by atoms with van der Waals surface area (Å²) in [5, 5.41) is 9.35. The Morgan fingerprint density at radius 2 is 1.76 bits per heavy atom. The van der Waals surface area contributed by atoms with E-state index in [-0.39, 0.29) is 51.5 Å². The zero-order chi connectivity index (χ0) is 14.8. The van der Waals surface area contributed by atoms with Gasteiger partial charge in [0.05, 0.1) is 10.5 Å². The molecular weight excluding hydrogens is 325 g/mol. The van der Waals surface area contributed by atoms with E-state index in [0.717, 1.165) is 12.1 Å². The van der Waals surface area contributed by atoms with Gasteiger partial charge in [-0.1, -0.05) is 11.6 Å². The van der Waals surface area contributed by atoms with E-state index in [9.17, 15) is 13.0 Å². The van der Waals surface area contributed by atoms with Gasteiger partial charge in [0.25, 0.3) is 0 Å². The summed E-state index contributed by atoms with van der Waals surface area (Å²) in [5.74, 6) is 0.536. The van der Waals surface area contributed by atoms with Crippen molar-refractivity contribution in [3.63, 3.8) is 0 Å². The monoisotopic (exact) mass is 331 g/mol. The van der Waals surface area contributed by atoms with E-state index in [2.05, 4.69) is 0 Å². The van der Waals surface area contributed by atoms with Gasteiger partial charge >= 0.3 is 29.6 Å². The summed E-state index contributed by atoms with van der Waals surface area (Å²) in [6.45, 7) is 0. The summed E-state index contributed by atoms with van der Waals surface area (Å²) in [4.78, 5) is -0.351. The number of hydrogen-bond acceptors (Lipinski definition) is 5. The van der Waals surface area contributed by atoms with E-state index in [0.29, 0.717) is 5.02 Å². The molecule has 0 N–H and O–H groups in total. The maximum Gasteiger partial charge on any atom is 1.00 e. The number of hydrogen-bond donors (Lipinski definition) is 0. The Bertz CT molecular complexity index is 785. The fourth-order valence-electron chi connectivity index (χ4n) is 1.47. The van der Waals surface area contributed by atoms with E-state index in [1.807, 2.05) is 6.07 Å². The van der Waals surface area contributed by atoms with Crippen molar-refractivity contribution in [2.24, 2.45) is 0 Å². The molecule has 0 unspecified atom stereocenters. The minimum absolute atomic E-state index is 0. The van der Waals surface area contributed by atoms with Crippen LogP contribution in [0, 0.1) is 11.3 Å². The molecule has 102 valence electrons. The zero-order valence-corrected chi connectivity index (χ0v) is 14.5. The van der Waals surface area contributed by atoms with Crippen LogP contribution in [0.1, 0.15) is 5.56 Å². The molecular formula is C13H7ClNNaO4S. The van der Waals surface area contributed by atoms with Gasteiger partial charge in [0.2, 0.25) is 0 Å². The molecule has 5 nitrogen and oxygen atoms in total. The summed E-state index contributed by atoms with van der Waals surface area (Å²) < 4.78 is 37.8. The molecule has 0 radical (unpaired) electrons. The zero-order valence-electron chi connectivity index (χ0n) is 10.9. The minimum atomic E-state index is -4.49. The van der Waals surface area contributed by atoms with Crippen molar-refractivity contribution in [1.82, 2.24) is 0 Å². The first kappa shape index (κ1) is 18.0. The van der Waals surface area contributed by atoms with Crippen LogP contribution in [0.2, 0.25) is 5.02 Å². The summed E-state index contributed by atoms with van der Waals surface area (Å²) >= 11 is 5.82. The molecule has 8 heteroatoms. The number of ether oxygens (including phenoxy) is 1. The molecule has 0 atom stereocenters. The van der Waals surface area contributed by atoms with E-state index < -0.39 is 10.1 Å². The Morgan fingerprint density at radius 1 is 1.14 bits per heavy atom. The van der Waals surface area contributed by atoms with Gasteiger partial charge in [0.15, 0.2) is 0 Å². The van der Waals surface area contributed by atoms with Gasteiger partial charge in [-0.3, -0.25) is 0 Å². The van der Waals surface area contributed by atoms with Gasteiger partial charge in [-0.25, -0.2) is 8.42 Å². The van der Waals surface area contributed by atoms with Crippen molar-refractivity contribution in [3.8, 4) is 17.6 Å². The van der Waals surface area contributed by atoms with Gasteiger partial charge < -0.3 is 9.29 Å². The Kier molecular flexibility index (Phi) is 6.23. The predicted octanol–water partition coefficient (Wildman–Crippen LogP) is -0.0879. The van der Waals surface area contributed by atoms with Crippen LogP contribution in [0.25, 0.3) is 0 Å². The first-order valence-electron chi connectivity index (χ1n) is 5.33. The van der Waals surface area contributed by atoms with Gasteiger partial charge in [0.1, 0.15) is 27.7 Å². The molecule has 2 rings (SSSR count). The molecule has 0 spiro atoms. The van der Waals surface area contributed by atoms with Gasteiger partial charge in [-0.2, -0.15) is 5.26 Å². The number of halogens is 1. The van der Waals surface area contributed by atoms with Crippen LogP contribution in [-0.4, -0.2) is 13.0 Å². The van der Waals surface area contributed by atoms with Crippen molar-refractivity contribution in [1.29, 1.82) is 5.26 Å². The van der Waals surface area contributed by atoms with Crippen LogP contribution in [0.15, 0.2) is 47.4 Å². The standard InChI is InChI=1S/C13H8ClNO4S.Na/c14-10-2-1-9(8-15)13(7-10)19-11-3-5-12(6-4-11)20(16,17)18;/h1-7H,(H,16,17,18);/q;+1/p-1. The van der Waals surface area contributed by atoms with E-state index in [4.69, 9.17) is 21.6 Å². The Hall–Kier alpha value is -1.07. The predicted molar refractivity (Wildman–Crippen MR) is 70.6 cm³/mol. The molecule has 0 heterocycles. The first-order valence-corrected chi connectivity index (χ1v) is 7.12. The summed E-state index contributed by atoms with van der Waals surface area (Å²) in [6, 6.07) is 11.4. The second-order valence-corrected chi connectivity index (χ2v) is 5.60. The van der Waals surface area contributed by atoms with Crippen LogP contribution in [0.3, 0.4) is 0 Å². The number of rotatable bonds is 3. The third kappa shape index (κ3) is 4.71. The normalized spacial score (nSPS) is 10.3. The molecule has 0 aliphatic carbocycles. The van der Waals surface area contributed by atoms with E-state index in [1.165, 1.54) is 24.3 Å². The van der Waals surface area contributed by atoms with Crippen molar-refractivity contribution in [2.45, 2.75) is 4.90 Å². The fourth-order valence-corrected chi connectivity index (χ4v) is 2.11. The van der Waals surface area contributed by atoms with Crippen LogP contribution in [-0.2, 0) is 10.1 Å². The number of benzene rings is 2. The smallest absolute Gasteiger partial charge is 0.744 e. The van der Waals surface area contributed by atoms with Gasteiger partial charge in [-0.05, 0) is 36.4 Å². The summed E-state index contributed by atoms with van der Waals surface area (Å²) in [6.07, 6.45) is 0. The third-order valence-electron chi connectivity index (χ3n) is 2.40. The molecule has 0 aliphatic heterocycles. The molecule has 21 heavy (non-hydrogen) atoms. The van der Waals surface area contributed by atoms with Crippen molar-refractivity contribution >= 4 is 21.7 Å². The van der Waals surface area contributed by atoms with E-state index >= 15 is 0 Å². The van der Waals surface area contributed by atoms with Crippen LogP contribution in [0.5, 0.6) is 11.5 Å². The number of nitrogens with zero attached hydrogens (tertiary/aromatic N) is 1. The largest absolute Gasteiger partial charge is 1.00 e. The maximum absolute atomic E-state index is 10.8. The van der Waals surface area contributed by atoms with Crippen LogP contribution in [0.4, 0.5) is 0 Å². The SMILES string of the molecule is N#Cc1ccc(Cl)cc1Oc1ccc(S(=O)(=O)[O-])cc1.[Na+]. The average molecular weight is 332 g/mol. The van der Waals surface area contributed by atoms with Crippen molar-refractivity contribution in [3.05, 3.63) is 53.1 Å². The molecule has 0 saturated carbocycles. The topological polar surface area (TPSA) is 90.2 Å². The minimum Gasteiger partial charge on any atom is -0.744 e. The third-order valence-corrected chi connectivity index (χ3v) is 3.49. The summed E-state index contributed by atoms with van der Waals surface area (Å²) in [5.41, 5.74) is 0.287. The second-order valence-electron chi connectivity index (χ2n) is 3.78. The van der Waals surface area contributed by atoms with Crippen LogP contribution < -0.4 is 34.3 Å². The summed E-state index contributed by atoms with van der Waals surface area (Å²) in [7, 11) is -4.49. The van der Waals surface area contributed by atoms with Crippen LogP contribution >= 0.6 is 11.6 Å². The molecule has 0 aliphatic rings. The van der Waals surface area contributed by atoms with Crippen molar-refractivity contribution in [2.75, 3.05) is 0 Å². The molecule has 0 aromatic heterocycles. The molecule has 0 amide bonds.